The van der Waals surface area contributed by atoms with E-state index in [9.17, 15) is 0 Å². The summed E-state index contributed by atoms with van der Waals surface area (Å²) >= 11 is 0. The minimum atomic E-state index is 0.662. The number of fused-ring (bicyclic) bond motifs is 6. The van der Waals surface area contributed by atoms with Crippen LogP contribution in [0.3, 0.4) is 0 Å². The Labute approximate surface area is 375 Å². The lowest BCUT2D eigenvalue weighted by Crippen LogP contribution is -2.11. The van der Waals surface area contributed by atoms with Crippen molar-refractivity contribution in [1.29, 1.82) is 0 Å². The van der Waals surface area contributed by atoms with Gasteiger partial charge < -0.3 is 18.6 Å². The van der Waals surface area contributed by atoms with Gasteiger partial charge in [-0.25, -0.2) is 0 Å². The molecule has 0 atom stereocenters. The maximum atomic E-state index is 6.25. The van der Waals surface area contributed by atoms with Crippen molar-refractivity contribution in [2.75, 3.05) is 9.80 Å². The van der Waals surface area contributed by atoms with Crippen LogP contribution in [0.1, 0.15) is 87.2 Å². The van der Waals surface area contributed by atoms with Crippen LogP contribution in [0.15, 0.2) is 191 Å². The molecule has 0 aliphatic heterocycles. The minimum absolute atomic E-state index is 0.662. The number of rotatable bonds is 9. The zero-order chi connectivity index (χ0) is 42.4. The Bertz CT molecular complexity index is 3000. The van der Waals surface area contributed by atoms with Gasteiger partial charge in [0.2, 0.25) is 0 Å². The number of anilines is 6. The third kappa shape index (κ3) is 7.21. The van der Waals surface area contributed by atoms with Gasteiger partial charge in [-0.05, 0) is 157 Å². The van der Waals surface area contributed by atoms with Crippen LogP contribution >= 0.6 is 0 Å². The van der Waals surface area contributed by atoms with Crippen molar-refractivity contribution in [2.24, 2.45) is 0 Å². The van der Waals surface area contributed by atoms with Gasteiger partial charge in [0.25, 0.3) is 0 Å². The van der Waals surface area contributed by atoms with Crippen molar-refractivity contribution >= 4 is 78.0 Å². The fourth-order valence-electron chi connectivity index (χ4n) is 10.9. The highest BCUT2D eigenvalue weighted by atomic mass is 16.3. The van der Waals surface area contributed by atoms with E-state index in [-0.39, 0.29) is 0 Å². The summed E-state index contributed by atoms with van der Waals surface area (Å²) in [6.45, 7) is 0. The molecule has 2 aliphatic carbocycles. The summed E-state index contributed by atoms with van der Waals surface area (Å²) in [5.41, 5.74) is 15.7. The lowest BCUT2D eigenvalue weighted by Gasteiger charge is -2.27. The topological polar surface area (TPSA) is 32.8 Å². The largest absolute Gasteiger partial charge is 0.456 e. The van der Waals surface area contributed by atoms with Crippen molar-refractivity contribution in [2.45, 2.75) is 76.0 Å². The molecule has 2 saturated carbocycles. The van der Waals surface area contributed by atoms with Crippen LogP contribution in [0.5, 0.6) is 0 Å². The summed E-state index contributed by atoms with van der Waals surface area (Å²) in [4.78, 5) is 4.77. The van der Waals surface area contributed by atoms with E-state index < -0.39 is 0 Å². The first-order valence-electron chi connectivity index (χ1n) is 23.5. The molecule has 0 unspecified atom stereocenters. The van der Waals surface area contributed by atoms with Crippen molar-refractivity contribution < 1.29 is 8.83 Å². The van der Waals surface area contributed by atoms with E-state index in [0.29, 0.717) is 11.8 Å². The highest BCUT2D eigenvalue weighted by molar-refractivity contribution is 6.07. The highest BCUT2D eigenvalue weighted by Gasteiger charge is 2.21. The van der Waals surface area contributed by atoms with Crippen molar-refractivity contribution in [3.63, 3.8) is 0 Å². The first-order valence-corrected chi connectivity index (χ1v) is 23.5. The monoisotopic (exact) mass is 832 g/mol. The van der Waals surface area contributed by atoms with Crippen molar-refractivity contribution in [1.82, 2.24) is 0 Å². The predicted molar refractivity (Wildman–Crippen MR) is 267 cm³/mol. The molecule has 4 heteroatoms. The van der Waals surface area contributed by atoms with Crippen LogP contribution in [0.2, 0.25) is 0 Å². The summed E-state index contributed by atoms with van der Waals surface area (Å²) in [5, 5.41) is 4.52. The molecule has 4 nitrogen and oxygen atoms in total. The zero-order valence-electron chi connectivity index (χ0n) is 36.3. The summed E-state index contributed by atoms with van der Waals surface area (Å²) in [6.07, 6.45) is 13.2. The average Bonchev–Trinajstić information content (AvgIpc) is 3.94. The summed E-state index contributed by atoms with van der Waals surface area (Å²) < 4.78 is 12.5. The Morgan fingerprint density at radius 3 is 1.02 bits per heavy atom. The van der Waals surface area contributed by atoms with Gasteiger partial charge in [0.15, 0.2) is 0 Å². The van der Waals surface area contributed by atoms with Gasteiger partial charge in [0, 0.05) is 55.7 Å². The molecular weight excluding hydrogens is 781 g/mol. The van der Waals surface area contributed by atoms with Gasteiger partial charge in [-0.15, -0.1) is 0 Å². The normalized spacial score (nSPS) is 15.1. The lowest BCUT2D eigenvalue weighted by atomic mass is 9.84. The van der Waals surface area contributed by atoms with Crippen LogP contribution in [0.4, 0.5) is 34.1 Å². The number of para-hydroxylation sites is 2. The average molecular weight is 833 g/mol. The fraction of sp³-hybridized carbons (Fsp3) is 0.200. The Hall–Kier alpha value is -7.04. The van der Waals surface area contributed by atoms with E-state index in [0.717, 1.165) is 78.0 Å². The second-order valence-electron chi connectivity index (χ2n) is 18.2. The first kappa shape index (κ1) is 38.6. The zero-order valence-corrected chi connectivity index (χ0v) is 36.3. The molecule has 2 heterocycles. The summed E-state index contributed by atoms with van der Waals surface area (Å²) in [5.74, 6) is 1.32. The molecule has 2 aliphatic rings. The first-order chi connectivity index (χ1) is 31.7. The standard InChI is InChI=1S/C60H52N2O2/c1-3-11-41(12-4-1)43-19-27-47(28-20-43)61(51-35-37-59-55(39-51)53-15-7-9-17-57(53)63-59)49-31-23-45(24-32-49)46-25-33-50(34-26-46)62(48-29-21-44(22-30-48)42-13-5-2-6-14-42)52-36-38-60-56(40-52)54-16-8-10-18-58(54)64-60/h7-10,15-42H,1-6,11-14H2. The van der Waals surface area contributed by atoms with Crippen LogP contribution in [-0.2, 0) is 0 Å². The molecule has 64 heavy (non-hydrogen) atoms. The second-order valence-corrected chi connectivity index (χ2v) is 18.2. The molecule has 10 aromatic rings. The molecule has 0 bridgehead atoms. The molecule has 0 saturated heterocycles. The third-order valence-electron chi connectivity index (χ3n) is 14.3. The minimum Gasteiger partial charge on any atom is -0.456 e. The summed E-state index contributed by atoms with van der Waals surface area (Å²) in [6, 6.07) is 66.7. The fourth-order valence-corrected chi connectivity index (χ4v) is 10.9. The quantitative estimate of drug-likeness (QED) is 0.145. The van der Waals surface area contributed by atoms with Crippen LogP contribution in [-0.4, -0.2) is 0 Å². The van der Waals surface area contributed by atoms with E-state index in [4.69, 9.17) is 8.83 Å². The third-order valence-corrected chi connectivity index (χ3v) is 14.3. The molecular formula is C60H52N2O2. The molecule has 2 aromatic heterocycles. The second kappa shape index (κ2) is 16.6. The van der Waals surface area contributed by atoms with Gasteiger partial charge in [0.1, 0.15) is 22.3 Å². The van der Waals surface area contributed by atoms with E-state index in [1.165, 1.54) is 86.5 Å². The Kier molecular flexibility index (Phi) is 10.0. The Morgan fingerprint density at radius 2 is 0.625 bits per heavy atom. The maximum Gasteiger partial charge on any atom is 0.135 e. The molecule has 0 spiro atoms. The molecule has 12 rings (SSSR count). The van der Waals surface area contributed by atoms with Gasteiger partial charge in [-0.1, -0.05) is 123 Å². The van der Waals surface area contributed by atoms with Gasteiger partial charge >= 0.3 is 0 Å². The summed E-state index contributed by atoms with van der Waals surface area (Å²) in [7, 11) is 0. The molecule has 0 N–H and O–H groups in total. The molecule has 2 fully saturated rings. The van der Waals surface area contributed by atoms with E-state index in [1.54, 1.807) is 0 Å². The number of hydrogen-bond acceptors (Lipinski definition) is 4. The van der Waals surface area contributed by atoms with Gasteiger partial charge in [-0.2, -0.15) is 0 Å². The van der Waals surface area contributed by atoms with E-state index >= 15 is 0 Å². The van der Waals surface area contributed by atoms with Gasteiger partial charge in [-0.3, -0.25) is 0 Å². The number of hydrogen-bond donors (Lipinski definition) is 0. The van der Waals surface area contributed by atoms with Crippen molar-refractivity contribution in [3.8, 4) is 11.1 Å². The molecule has 0 amide bonds. The van der Waals surface area contributed by atoms with Crippen molar-refractivity contribution in [3.05, 3.63) is 193 Å². The number of nitrogens with zero attached hydrogens (tertiary/aromatic N) is 2. The van der Waals surface area contributed by atoms with Crippen LogP contribution < -0.4 is 9.80 Å². The van der Waals surface area contributed by atoms with E-state index in [2.05, 4.69) is 180 Å². The Balaban J connectivity index is 0.886. The SMILES string of the molecule is c1ccc2c(c1)oc1ccc(N(c3ccc(-c4ccc(N(c5ccc(C6CCCCC6)cc5)c5ccc6oc7ccccc7c6c5)cc4)cc3)c3ccc(C4CCCCC4)cc3)cc12. The smallest absolute Gasteiger partial charge is 0.135 e. The van der Waals surface area contributed by atoms with Crippen LogP contribution in [0, 0.1) is 0 Å². The van der Waals surface area contributed by atoms with Gasteiger partial charge in [0.05, 0.1) is 0 Å². The maximum absolute atomic E-state index is 6.25. The Morgan fingerprint density at radius 1 is 0.297 bits per heavy atom. The van der Waals surface area contributed by atoms with E-state index in [1.807, 2.05) is 12.1 Å². The molecule has 0 radical (unpaired) electrons. The lowest BCUT2D eigenvalue weighted by molar-refractivity contribution is 0.443. The number of benzene rings is 8. The van der Waals surface area contributed by atoms with Crippen LogP contribution in [0.25, 0.3) is 55.0 Å². The highest BCUT2D eigenvalue weighted by Crippen LogP contribution is 2.43. The molecule has 314 valence electrons. The molecule has 8 aromatic carbocycles. The predicted octanol–water partition coefficient (Wildman–Crippen LogP) is 18.2. The number of furan rings is 2.